The van der Waals surface area contributed by atoms with E-state index in [2.05, 4.69) is 42.3 Å². The molecule has 6 heteroatoms. The molecular formula is C30H34N2O4. The Morgan fingerprint density at radius 2 is 1.78 bits per heavy atom. The van der Waals surface area contributed by atoms with E-state index in [9.17, 15) is 0 Å². The zero-order valence-electron chi connectivity index (χ0n) is 21.3. The van der Waals surface area contributed by atoms with Gasteiger partial charge in [0, 0.05) is 17.5 Å². The molecule has 0 amide bonds. The van der Waals surface area contributed by atoms with Gasteiger partial charge in [0.25, 0.3) is 0 Å². The van der Waals surface area contributed by atoms with Crippen LogP contribution in [-0.4, -0.2) is 31.0 Å². The fourth-order valence-corrected chi connectivity index (χ4v) is 4.83. The summed E-state index contributed by atoms with van der Waals surface area (Å²) in [6.07, 6.45) is 3.79. The second-order valence-electron chi connectivity index (χ2n) is 9.08. The lowest BCUT2D eigenvalue weighted by molar-refractivity contribution is -0.0191. The minimum atomic E-state index is -0.367. The number of methoxy groups -OCH3 is 1. The molecule has 0 spiro atoms. The molecule has 0 N–H and O–H groups in total. The molecule has 2 aliphatic rings. The third-order valence-corrected chi connectivity index (χ3v) is 6.68. The summed E-state index contributed by atoms with van der Waals surface area (Å²) < 4.78 is 23.8. The Kier molecular flexibility index (Phi) is 7.31. The van der Waals surface area contributed by atoms with E-state index < -0.39 is 0 Å². The van der Waals surface area contributed by atoms with Crippen LogP contribution in [0.2, 0.25) is 0 Å². The predicted molar refractivity (Wildman–Crippen MR) is 141 cm³/mol. The van der Waals surface area contributed by atoms with Gasteiger partial charge in [0.1, 0.15) is 11.5 Å². The van der Waals surface area contributed by atoms with Gasteiger partial charge in [-0.25, -0.2) is 5.01 Å². The molecule has 6 nitrogen and oxygen atoms in total. The van der Waals surface area contributed by atoms with E-state index in [-0.39, 0.29) is 12.3 Å². The second-order valence-corrected chi connectivity index (χ2v) is 9.08. The van der Waals surface area contributed by atoms with Gasteiger partial charge >= 0.3 is 0 Å². The topological polar surface area (TPSA) is 52.5 Å². The van der Waals surface area contributed by atoms with Crippen LogP contribution in [0.15, 0.2) is 71.8 Å². The molecule has 2 aliphatic heterocycles. The number of nitrogens with zero attached hydrogens (tertiary/aromatic N) is 2. The van der Waals surface area contributed by atoms with E-state index in [0.29, 0.717) is 19.0 Å². The lowest BCUT2D eigenvalue weighted by Gasteiger charge is -2.38. The summed E-state index contributed by atoms with van der Waals surface area (Å²) in [5.74, 6) is 3.22. The van der Waals surface area contributed by atoms with Crippen LogP contribution in [0.25, 0.3) is 0 Å². The molecule has 5 rings (SSSR count). The quantitative estimate of drug-likeness (QED) is 0.292. The van der Waals surface area contributed by atoms with Gasteiger partial charge in [0.05, 0.1) is 32.1 Å². The van der Waals surface area contributed by atoms with Crippen molar-refractivity contribution in [2.24, 2.45) is 5.10 Å². The zero-order chi connectivity index (χ0) is 24.9. The van der Waals surface area contributed by atoms with E-state index in [1.807, 2.05) is 43.3 Å². The second kappa shape index (κ2) is 10.9. The van der Waals surface area contributed by atoms with Crippen LogP contribution in [0.3, 0.4) is 0 Å². The summed E-state index contributed by atoms with van der Waals surface area (Å²) in [5.41, 5.74) is 4.26. The highest BCUT2D eigenvalue weighted by Crippen LogP contribution is 2.48. The normalized spacial score (nSPS) is 18.1. The van der Waals surface area contributed by atoms with Crippen LogP contribution in [0, 0.1) is 0 Å². The first-order valence-electron chi connectivity index (χ1n) is 12.9. The van der Waals surface area contributed by atoms with Crippen molar-refractivity contribution in [3.63, 3.8) is 0 Å². The van der Waals surface area contributed by atoms with Crippen molar-refractivity contribution in [1.82, 2.24) is 5.01 Å². The van der Waals surface area contributed by atoms with Crippen molar-refractivity contribution in [2.45, 2.75) is 51.8 Å². The molecule has 0 saturated heterocycles. The van der Waals surface area contributed by atoms with E-state index in [4.69, 9.17) is 24.0 Å². The maximum Gasteiger partial charge on any atom is 0.214 e. The number of rotatable bonds is 10. The average Bonchev–Trinajstić information content (AvgIpc) is 3.37. The van der Waals surface area contributed by atoms with Crippen LogP contribution in [0.5, 0.6) is 23.0 Å². The molecular weight excluding hydrogens is 452 g/mol. The van der Waals surface area contributed by atoms with Crippen LogP contribution >= 0.6 is 0 Å². The Morgan fingerprint density at radius 1 is 0.944 bits per heavy atom. The summed E-state index contributed by atoms with van der Waals surface area (Å²) in [5, 5.41) is 7.16. The van der Waals surface area contributed by atoms with E-state index >= 15 is 0 Å². The summed E-state index contributed by atoms with van der Waals surface area (Å²) in [7, 11) is 1.68. The number of unbranched alkanes of at least 4 members (excludes halogenated alkanes) is 2. The molecule has 0 radical (unpaired) electrons. The molecule has 3 aromatic rings. The number of para-hydroxylation sites is 1. The Bertz CT molecular complexity index is 1210. The van der Waals surface area contributed by atoms with E-state index in [1.54, 1.807) is 7.11 Å². The number of fused-ring (bicyclic) bond motifs is 3. The monoisotopic (exact) mass is 486 g/mol. The highest BCUT2D eigenvalue weighted by Gasteiger charge is 2.41. The molecule has 0 aliphatic carbocycles. The SMILES string of the molecule is CCCCCOc1ccc([C@@H]2Oc3ccccc3[C@H]3CC(c4ccc(OCC)cc4)=NN32)cc1OC. The molecule has 0 saturated carbocycles. The van der Waals surface area contributed by atoms with Gasteiger partial charge in [-0.15, -0.1) is 0 Å². The van der Waals surface area contributed by atoms with Gasteiger partial charge in [-0.05, 0) is 67.4 Å². The highest BCUT2D eigenvalue weighted by molar-refractivity contribution is 6.02. The van der Waals surface area contributed by atoms with Gasteiger partial charge in [-0.3, -0.25) is 0 Å². The van der Waals surface area contributed by atoms with Crippen molar-refractivity contribution in [3.05, 3.63) is 83.4 Å². The summed E-state index contributed by atoms with van der Waals surface area (Å²) >= 11 is 0. The zero-order valence-corrected chi connectivity index (χ0v) is 21.3. The van der Waals surface area contributed by atoms with Crippen molar-refractivity contribution in [3.8, 4) is 23.0 Å². The smallest absolute Gasteiger partial charge is 0.214 e. The first-order chi connectivity index (χ1) is 17.7. The molecule has 2 atom stereocenters. The fraction of sp³-hybridized carbons (Fsp3) is 0.367. The van der Waals surface area contributed by atoms with Crippen LogP contribution in [-0.2, 0) is 0 Å². The minimum Gasteiger partial charge on any atom is -0.494 e. The Labute approximate surface area is 213 Å². The van der Waals surface area contributed by atoms with Crippen molar-refractivity contribution < 1.29 is 18.9 Å². The Morgan fingerprint density at radius 3 is 2.56 bits per heavy atom. The molecule has 36 heavy (non-hydrogen) atoms. The summed E-state index contributed by atoms with van der Waals surface area (Å²) in [6.45, 7) is 5.51. The first-order valence-corrected chi connectivity index (χ1v) is 12.9. The fourth-order valence-electron chi connectivity index (χ4n) is 4.83. The van der Waals surface area contributed by atoms with Gasteiger partial charge in [0.2, 0.25) is 6.23 Å². The standard InChI is InChI=1S/C30H34N2O4/c1-4-6-9-18-35-28-17-14-22(19-29(28)33-3)30-32-26(24-10-7-8-11-27(24)36-30)20-25(31-32)21-12-15-23(16-13-21)34-5-2/h7-8,10-17,19,26,30H,4-6,9,18,20H2,1-3H3/t26-,30+/m1/s1. The molecule has 0 fully saturated rings. The molecule has 0 unspecified atom stereocenters. The first kappa shape index (κ1) is 24.0. The third kappa shape index (κ3) is 4.85. The lowest BCUT2D eigenvalue weighted by atomic mass is 9.96. The van der Waals surface area contributed by atoms with Gasteiger partial charge < -0.3 is 18.9 Å². The minimum absolute atomic E-state index is 0.0949. The largest absolute Gasteiger partial charge is 0.494 e. The number of ether oxygens (including phenoxy) is 4. The molecule has 0 bridgehead atoms. The van der Waals surface area contributed by atoms with Gasteiger partial charge in [-0.2, -0.15) is 5.10 Å². The molecule has 2 heterocycles. The number of hydrogen-bond acceptors (Lipinski definition) is 6. The van der Waals surface area contributed by atoms with Gasteiger partial charge in [0.15, 0.2) is 11.5 Å². The maximum absolute atomic E-state index is 6.52. The summed E-state index contributed by atoms with van der Waals surface area (Å²) in [6, 6.07) is 22.6. The van der Waals surface area contributed by atoms with Crippen molar-refractivity contribution >= 4 is 5.71 Å². The maximum atomic E-state index is 6.52. The number of hydrogen-bond donors (Lipinski definition) is 0. The van der Waals surface area contributed by atoms with E-state index in [1.165, 1.54) is 0 Å². The Hall–Kier alpha value is -3.67. The van der Waals surface area contributed by atoms with Crippen LogP contribution in [0.4, 0.5) is 0 Å². The lowest BCUT2D eigenvalue weighted by Crippen LogP contribution is -2.33. The van der Waals surface area contributed by atoms with Crippen LogP contribution < -0.4 is 18.9 Å². The molecule has 0 aromatic heterocycles. The summed E-state index contributed by atoms with van der Waals surface area (Å²) in [4.78, 5) is 0. The van der Waals surface area contributed by atoms with Crippen molar-refractivity contribution in [1.29, 1.82) is 0 Å². The van der Waals surface area contributed by atoms with E-state index in [0.717, 1.165) is 65.3 Å². The highest BCUT2D eigenvalue weighted by atomic mass is 16.5. The van der Waals surface area contributed by atoms with Crippen LogP contribution in [0.1, 0.15) is 68.5 Å². The molecule has 3 aromatic carbocycles. The van der Waals surface area contributed by atoms with Gasteiger partial charge in [-0.1, -0.05) is 38.0 Å². The molecule has 188 valence electrons. The average molecular weight is 487 g/mol. The third-order valence-electron chi connectivity index (χ3n) is 6.68. The number of hydrazone groups is 1. The number of benzene rings is 3. The predicted octanol–water partition coefficient (Wildman–Crippen LogP) is 6.91. The van der Waals surface area contributed by atoms with Crippen molar-refractivity contribution in [2.75, 3.05) is 20.3 Å². The Balaban J connectivity index is 1.45.